The lowest BCUT2D eigenvalue weighted by Crippen LogP contribution is -2.33. The molecule has 0 unspecified atom stereocenters. The summed E-state index contributed by atoms with van der Waals surface area (Å²) in [5.41, 5.74) is 1.60. The van der Waals surface area contributed by atoms with Crippen molar-refractivity contribution < 1.29 is 24.3 Å². The van der Waals surface area contributed by atoms with Crippen LogP contribution in [-0.2, 0) is 6.61 Å². The molecule has 0 atom stereocenters. The number of ether oxygens (including phenoxy) is 2. The number of aromatic nitrogens is 1. The van der Waals surface area contributed by atoms with E-state index in [1.165, 1.54) is 19.2 Å². The average Bonchev–Trinajstić information content (AvgIpc) is 2.65. The summed E-state index contributed by atoms with van der Waals surface area (Å²) in [6, 6.07) is 14.4. The van der Waals surface area contributed by atoms with Gasteiger partial charge in [0.15, 0.2) is 17.8 Å². The molecule has 25 heavy (non-hydrogen) atoms. The zero-order valence-corrected chi connectivity index (χ0v) is 13.5. The first-order valence-corrected chi connectivity index (χ1v) is 7.63. The van der Waals surface area contributed by atoms with E-state index < -0.39 is 7.12 Å². The molecule has 0 spiro atoms. The van der Waals surface area contributed by atoms with Gasteiger partial charge in [0, 0.05) is 5.39 Å². The van der Waals surface area contributed by atoms with Crippen LogP contribution in [-0.4, -0.2) is 35.5 Å². The monoisotopic (exact) mass is 337 g/mol. The fourth-order valence-corrected chi connectivity index (χ4v) is 2.59. The molecule has 0 fully saturated rings. The topological polar surface area (TPSA) is 88.9 Å². The number of fused-ring (bicyclic) bond motifs is 1. The van der Waals surface area contributed by atoms with Crippen LogP contribution in [0.1, 0.15) is 16.1 Å². The number of hydrogen-bond donors (Lipinski definition) is 2. The highest BCUT2D eigenvalue weighted by molar-refractivity contribution is 6.60. The summed E-state index contributed by atoms with van der Waals surface area (Å²) < 4.78 is 10.9. The molecule has 0 aliphatic carbocycles. The zero-order chi connectivity index (χ0) is 17.8. The molecule has 0 radical (unpaired) electrons. The van der Waals surface area contributed by atoms with Gasteiger partial charge in [0.1, 0.15) is 6.61 Å². The van der Waals surface area contributed by atoms with Gasteiger partial charge < -0.3 is 19.5 Å². The number of para-hydroxylation sites is 1. The molecule has 0 amide bonds. The second-order valence-corrected chi connectivity index (χ2v) is 5.38. The van der Waals surface area contributed by atoms with Gasteiger partial charge in [-0.2, -0.15) is 0 Å². The number of aldehydes is 1. The van der Waals surface area contributed by atoms with Gasteiger partial charge in [-0.15, -0.1) is 0 Å². The van der Waals surface area contributed by atoms with E-state index in [-0.39, 0.29) is 23.4 Å². The Kier molecular flexibility index (Phi) is 4.97. The van der Waals surface area contributed by atoms with Crippen LogP contribution in [0.4, 0.5) is 0 Å². The molecule has 0 saturated carbocycles. The second kappa shape index (κ2) is 7.33. The highest BCUT2D eigenvalue weighted by atomic mass is 16.5. The van der Waals surface area contributed by atoms with Gasteiger partial charge in [-0.05, 0) is 23.7 Å². The first-order valence-electron chi connectivity index (χ1n) is 7.63. The summed E-state index contributed by atoms with van der Waals surface area (Å²) in [5, 5.41) is 19.8. The Bertz CT molecular complexity index is 913. The third kappa shape index (κ3) is 3.47. The standard InChI is InChI=1S/C18H16BNO5/c1-24-17-9-8-15(19(22)23)14(10-21)18(17)25-11-13-7-6-12-4-2-3-5-16(12)20-13/h2-10,22-23H,11H2,1H3. The maximum absolute atomic E-state index is 11.4. The normalized spacial score (nSPS) is 10.5. The summed E-state index contributed by atoms with van der Waals surface area (Å²) in [6.07, 6.45) is 0.514. The summed E-state index contributed by atoms with van der Waals surface area (Å²) in [4.78, 5) is 15.9. The molecule has 0 aliphatic rings. The predicted octanol–water partition coefficient (Wildman–Crippen LogP) is 1.31. The van der Waals surface area contributed by atoms with Gasteiger partial charge in [0.2, 0.25) is 0 Å². The second-order valence-electron chi connectivity index (χ2n) is 5.38. The van der Waals surface area contributed by atoms with E-state index in [1.807, 2.05) is 36.4 Å². The molecule has 1 heterocycles. The van der Waals surface area contributed by atoms with Crippen molar-refractivity contribution in [3.05, 3.63) is 59.8 Å². The number of pyridine rings is 1. The smallest absolute Gasteiger partial charge is 0.489 e. The number of carbonyl (C=O) groups is 1. The Balaban J connectivity index is 1.93. The van der Waals surface area contributed by atoms with Gasteiger partial charge in [-0.3, -0.25) is 4.79 Å². The minimum Gasteiger partial charge on any atom is -0.493 e. The quantitative estimate of drug-likeness (QED) is 0.521. The van der Waals surface area contributed by atoms with Crippen molar-refractivity contribution >= 4 is 29.8 Å². The van der Waals surface area contributed by atoms with Crippen LogP contribution in [0.15, 0.2) is 48.5 Å². The van der Waals surface area contributed by atoms with Crippen LogP contribution in [0.5, 0.6) is 11.5 Å². The van der Waals surface area contributed by atoms with Crippen molar-refractivity contribution in [2.45, 2.75) is 6.61 Å². The maximum atomic E-state index is 11.4. The Hall–Kier alpha value is -2.90. The van der Waals surface area contributed by atoms with Crippen LogP contribution in [0.2, 0.25) is 0 Å². The summed E-state index contributed by atoms with van der Waals surface area (Å²) in [5.74, 6) is 0.477. The summed E-state index contributed by atoms with van der Waals surface area (Å²) in [6.45, 7) is 0.104. The molecule has 0 saturated heterocycles. The molecule has 2 aromatic carbocycles. The third-order valence-corrected chi connectivity index (χ3v) is 3.83. The van der Waals surface area contributed by atoms with Crippen molar-refractivity contribution in [2.75, 3.05) is 7.11 Å². The fourth-order valence-electron chi connectivity index (χ4n) is 2.59. The van der Waals surface area contributed by atoms with Gasteiger partial charge in [-0.25, -0.2) is 4.98 Å². The highest BCUT2D eigenvalue weighted by Crippen LogP contribution is 2.30. The molecule has 7 heteroatoms. The van der Waals surface area contributed by atoms with Crippen LogP contribution in [0.25, 0.3) is 10.9 Å². The number of methoxy groups -OCH3 is 1. The van der Waals surface area contributed by atoms with Crippen molar-refractivity contribution in [3.8, 4) is 11.5 Å². The highest BCUT2D eigenvalue weighted by Gasteiger charge is 2.22. The van der Waals surface area contributed by atoms with Crippen molar-refractivity contribution in [2.24, 2.45) is 0 Å². The first kappa shape index (κ1) is 16.9. The van der Waals surface area contributed by atoms with Gasteiger partial charge in [0.25, 0.3) is 0 Å². The van der Waals surface area contributed by atoms with Gasteiger partial charge in [0.05, 0.1) is 23.9 Å². The van der Waals surface area contributed by atoms with Crippen LogP contribution < -0.4 is 14.9 Å². The van der Waals surface area contributed by atoms with E-state index in [9.17, 15) is 14.8 Å². The van der Waals surface area contributed by atoms with Crippen molar-refractivity contribution in [1.29, 1.82) is 0 Å². The molecular formula is C18H16BNO5. The number of carbonyl (C=O) groups excluding carboxylic acids is 1. The fraction of sp³-hybridized carbons (Fsp3) is 0.111. The van der Waals surface area contributed by atoms with Crippen LogP contribution >= 0.6 is 0 Å². The zero-order valence-electron chi connectivity index (χ0n) is 13.5. The minimum absolute atomic E-state index is 0.0372. The lowest BCUT2D eigenvalue weighted by atomic mass is 9.77. The minimum atomic E-state index is -1.78. The van der Waals surface area contributed by atoms with Gasteiger partial charge in [-0.1, -0.05) is 30.3 Å². The Morgan fingerprint density at radius 2 is 1.92 bits per heavy atom. The molecule has 1 aromatic heterocycles. The lowest BCUT2D eigenvalue weighted by Gasteiger charge is -2.15. The molecule has 0 aliphatic heterocycles. The number of hydrogen-bond acceptors (Lipinski definition) is 6. The molecule has 0 bridgehead atoms. The van der Waals surface area contributed by atoms with Crippen molar-refractivity contribution in [3.63, 3.8) is 0 Å². The molecule has 126 valence electrons. The summed E-state index contributed by atoms with van der Waals surface area (Å²) in [7, 11) is -0.340. The lowest BCUT2D eigenvalue weighted by molar-refractivity contribution is 0.111. The van der Waals surface area contributed by atoms with Gasteiger partial charge >= 0.3 is 7.12 Å². The molecule has 3 rings (SSSR count). The van der Waals surface area contributed by atoms with E-state index in [1.54, 1.807) is 0 Å². The predicted molar refractivity (Wildman–Crippen MR) is 94.3 cm³/mol. The van der Waals surface area contributed by atoms with E-state index in [0.717, 1.165) is 10.9 Å². The van der Waals surface area contributed by atoms with E-state index in [4.69, 9.17) is 9.47 Å². The average molecular weight is 337 g/mol. The largest absolute Gasteiger partial charge is 0.493 e. The Morgan fingerprint density at radius 3 is 2.64 bits per heavy atom. The van der Waals surface area contributed by atoms with E-state index in [2.05, 4.69) is 4.98 Å². The third-order valence-electron chi connectivity index (χ3n) is 3.83. The Morgan fingerprint density at radius 1 is 1.12 bits per heavy atom. The number of nitrogens with zero attached hydrogens (tertiary/aromatic N) is 1. The van der Waals surface area contributed by atoms with Crippen LogP contribution in [0.3, 0.4) is 0 Å². The van der Waals surface area contributed by atoms with E-state index >= 15 is 0 Å². The number of benzene rings is 2. The molecule has 3 aromatic rings. The molecular weight excluding hydrogens is 321 g/mol. The number of rotatable bonds is 6. The molecule has 6 nitrogen and oxygen atoms in total. The molecule has 2 N–H and O–H groups in total. The Labute approximate surface area is 144 Å². The van der Waals surface area contributed by atoms with Crippen LogP contribution in [0, 0.1) is 0 Å². The van der Waals surface area contributed by atoms with E-state index in [0.29, 0.717) is 17.7 Å². The maximum Gasteiger partial charge on any atom is 0.489 e. The SMILES string of the molecule is COc1ccc(B(O)O)c(C=O)c1OCc1ccc2ccccc2n1. The van der Waals surface area contributed by atoms with Crippen molar-refractivity contribution in [1.82, 2.24) is 4.98 Å². The summed E-state index contributed by atoms with van der Waals surface area (Å²) >= 11 is 0. The first-order chi connectivity index (χ1) is 12.1.